The number of hydrogen-bond donors (Lipinski definition) is 3. The van der Waals surface area contributed by atoms with E-state index in [0.29, 0.717) is 51.8 Å². The van der Waals surface area contributed by atoms with E-state index in [1.54, 1.807) is 30.1 Å². The molecule has 4 aromatic rings. The molecule has 3 aromatic heterocycles. The Morgan fingerprint density at radius 2 is 1.89 bits per heavy atom. The van der Waals surface area contributed by atoms with Crippen LogP contribution in [0.2, 0.25) is 0 Å². The van der Waals surface area contributed by atoms with E-state index < -0.39 is 11.6 Å². The van der Waals surface area contributed by atoms with Crippen LogP contribution in [0.4, 0.5) is 31.9 Å². The Hall–Kier alpha value is -3.99. The molecule has 9 nitrogen and oxygen atoms in total. The van der Waals surface area contributed by atoms with Crippen molar-refractivity contribution in [3.8, 4) is 17.1 Å². The Bertz CT molecular complexity index is 1430. The lowest BCUT2D eigenvalue weighted by Crippen LogP contribution is -2.22. The minimum absolute atomic E-state index is 0.135. The van der Waals surface area contributed by atoms with Crippen LogP contribution in [-0.2, 0) is 7.05 Å². The van der Waals surface area contributed by atoms with Gasteiger partial charge in [-0.05, 0) is 47.0 Å². The zero-order valence-electron chi connectivity index (χ0n) is 21.9. The molecule has 196 valence electrons. The fourth-order valence-electron chi connectivity index (χ4n) is 3.94. The van der Waals surface area contributed by atoms with Gasteiger partial charge in [-0.3, -0.25) is 0 Å². The maximum absolute atomic E-state index is 14.0. The number of pyridine rings is 1. The number of nitrogens with zero attached hydrogens (tertiary/aromatic N) is 5. The lowest BCUT2D eigenvalue weighted by molar-refractivity contribution is 0.234. The van der Waals surface area contributed by atoms with Crippen LogP contribution in [0.1, 0.15) is 19.4 Å². The van der Waals surface area contributed by atoms with Crippen molar-refractivity contribution in [1.82, 2.24) is 24.4 Å². The molecule has 0 saturated carbocycles. The van der Waals surface area contributed by atoms with Gasteiger partial charge in [0.15, 0.2) is 17.5 Å². The summed E-state index contributed by atoms with van der Waals surface area (Å²) in [6, 6.07) is 4.07. The molecule has 0 fully saturated rings. The van der Waals surface area contributed by atoms with Crippen molar-refractivity contribution in [3.05, 3.63) is 47.8 Å². The fourth-order valence-corrected chi connectivity index (χ4v) is 3.94. The van der Waals surface area contributed by atoms with Crippen LogP contribution in [0, 0.1) is 18.6 Å². The Labute approximate surface area is 214 Å². The van der Waals surface area contributed by atoms with E-state index in [1.807, 2.05) is 34.9 Å². The lowest BCUT2D eigenvalue weighted by atomic mass is 10.1. The van der Waals surface area contributed by atoms with Crippen molar-refractivity contribution in [3.63, 3.8) is 0 Å². The van der Waals surface area contributed by atoms with Crippen molar-refractivity contribution < 1.29 is 13.5 Å². The van der Waals surface area contributed by atoms with Gasteiger partial charge in [-0.15, -0.1) is 0 Å². The van der Waals surface area contributed by atoms with E-state index in [4.69, 9.17) is 10.5 Å². The second-order valence-electron chi connectivity index (χ2n) is 9.40. The van der Waals surface area contributed by atoms with Crippen molar-refractivity contribution >= 4 is 34.0 Å². The molecular weight excluding hydrogens is 478 g/mol. The SMILES string of the molecule is Cc1c(N)c(NCCN(C)C)nc(OC(C)C)c1Nc1nccc(-c2cn(C)c3cc(F)c(F)cc23)n1. The van der Waals surface area contributed by atoms with E-state index >= 15 is 0 Å². The van der Waals surface area contributed by atoms with Crippen LogP contribution in [0.3, 0.4) is 0 Å². The van der Waals surface area contributed by atoms with Gasteiger partial charge >= 0.3 is 0 Å². The summed E-state index contributed by atoms with van der Waals surface area (Å²) < 4.78 is 35.6. The van der Waals surface area contributed by atoms with Crippen molar-refractivity contribution in [2.45, 2.75) is 26.9 Å². The summed E-state index contributed by atoms with van der Waals surface area (Å²) in [5.74, 6) is -0.628. The number of aryl methyl sites for hydroxylation is 1. The Kier molecular flexibility index (Phi) is 7.44. The molecule has 0 aliphatic rings. The Morgan fingerprint density at radius 1 is 1.16 bits per heavy atom. The van der Waals surface area contributed by atoms with Crippen LogP contribution < -0.4 is 21.1 Å². The monoisotopic (exact) mass is 510 g/mol. The van der Waals surface area contributed by atoms with Crippen molar-refractivity contribution in [2.24, 2.45) is 7.05 Å². The quantitative estimate of drug-likeness (QED) is 0.298. The predicted molar refractivity (Wildman–Crippen MR) is 143 cm³/mol. The first-order valence-electron chi connectivity index (χ1n) is 11.9. The molecule has 0 spiro atoms. The van der Waals surface area contributed by atoms with Crippen LogP contribution in [0.25, 0.3) is 22.2 Å². The summed E-state index contributed by atoms with van der Waals surface area (Å²) in [4.78, 5) is 15.7. The molecule has 4 rings (SSSR count). The summed E-state index contributed by atoms with van der Waals surface area (Å²) in [5.41, 5.74) is 9.93. The number of halogens is 2. The second kappa shape index (κ2) is 10.6. The molecule has 0 aliphatic carbocycles. The molecule has 0 amide bonds. The number of ether oxygens (including phenoxy) is 1. The van der Waals surface area contributed by atoms with Gasteiger partial charge in [-0.25, -0.2) is 18.7 Å². The average Bonchev–Trinajstić information content (AvgIpc) is 3.14. The summed E-state index contributed by atoms with van der Waals surface area (Å²) >= 11 is 0. The molecule has 11 heteroatoms. The molecular formula is C26H32F2N8O. The third kappa shape index (κ3) is 5.56. The highest BCUT2D eigenvalue weighted by Crippen LogP contribution is 2.37. The highest BCUT2D eigenvalue weighted by atomic mass is 19.2. The number of fused-ring (bicyclic) bond motifs is 1. The molecule has 0 radical (unpaired) electrons. The molecule has 37 heavy (non-hydrogen) atoms. The number of anilines is 4. The van der Waals surface area contributed by atoms with Gasteiger partial charge in [0, 0.05) is 55.1 Å². The average molecular weight is 511 g/mol. The van der Waals surface area contributed by atoms with Crippen LogP contribution >= 0.6 is 0 Å². The highest BCUT2D eigenvalue weighted by Gasteiger charge is 2.20. The van der Waals surface area contributed by atoms with Gasteiger partial charge in [0.25, 0.3) is 0 Å². The first kappa shape index (κ1) is 26.1. The van der Waals surface area contributed by atoms with E-state index in [2.05, 4.69) is 30.5 Å². The number of nitrogens with one attached hydrogen (secondary N) is 2. The lowest BCUT2D eigenvalue weighted by Gasteiger charge is -2.20. The van der Waals surface area contributed by atoms with Crippen LogP contribution in [-0.4, -0.2) is 57.7 Å². The van der Waals surface area contributed by atoms with E-state index in [1.165, 1.54) is 12.1 Å². The third-order valence-electron chi connectivity index (χ3n) is 5.86. The van der Waals surface area contributed by atoms with Gasteiger partial charge < -0.3 is 30.6 Å². The smallest absolute Gasteiger partial charge is 0.240 e. The molecule has 0 atom stereocenters. The number of aromatic nitrogens is 4. The normalized spacial score (nSPS) is 11.5. The summed E-state index contributed by atoms with van der Waals surface area (Å²) in [6.45, 7) is 7.17. The van der Waals surface area contributed by atoms with Gasteiger partial charge in [-0.2, -0.15) is 4.98 Å². The van der Waals surface area contributed by atoms with Gasteiger partial charge in [0.1, 0.15) is 5.69 Å². The molecule has 0 bridgehead atoms. The number of hydrogen-bond acceptors (Lipinski definition) is 8. The Morgan fingerprint density at radius 3 is 2.59 bits per heavy atom. The molecule has 3 heterocycles. The molecule has 4 N–H and O–H groups in total. The summed E-state index contributed by atoms with van der Waals surface area (Å²) in [6.07, 6.45) is 3.24. The molecule has 0 saturated heterocycles. The zero-order chi connectivity index (χ0) is 26.9. The maximum Gasteiger partial charge on any atom is 0.240 e. The van der Waals surface area contributed by atoms with Crippen molar-refractivity contribution in [2.75, 3.05) is 43.6 Å². The number of benzene rings is 1. The molecule has 0 unspecified atom stereocenters. The fraction of sp³-hybridized carbons (Fsp3) is 0.346. The standard InChI is InChI=1S/C26H32F2N8O/c1-14(2)37-25-23(15(3)22(29)24(34-25)30-9-10-35(4)5)33-26-31-8-7-20(32-26)17-13-36(6)21-12-19(28)18(27)11-16(17)21/h7-8,11-14H,9-10,29H2,1-6H3,(H,30,34)(H,31,32,33). The van der Waals surface area contributed by atoms with Gasteiger partial charge in [0.05, 0.1) is 23.0 Å². The predicted octanol–water partition coefficient (Wildman–Crippen LogP) is 4.70. The zero-order valence-corrected chi connectivity index (χ0v) is 21.9. The van der Waals surface area contributed by atoms with Gasteiger partial charge in [0.2, 0.25) is 11.8 Å². The van der Waals surface area contributed by atoms with Crippen molar-refractivity contribution in [1.29, 1.82) is 0 Å². The molecule has 1 aromatic carbocycles. The maximum atomic E-state index is 14.0. The van der Waals surface area contributed by atoms with Gasteiger partial charge in [-0.1, -0.05) is 0 Å². The second-order valence-corrected chi connectivity index (χ2v) is 9.40. The van der Waals surface area contributed by atoms with E-state index in [-0.39, 0.29) is 12.1 Å². The first-order chi connectivity index (χ1) is 17.5. The summed E-state index contributed by atoms with van der Waals surface area (Å²) in [7, 11) is 5.75. The van der Waals surface area contributed by atoms with Crippen LogP contribution in [0.5, 0.6) is 5.88 Å². The summed E-state index contributed by atoms with van der Waals surface area (Å²) in [5, 5.41) is 7.03. The van der Waals surface area contributed by atoms with E-state index in [9.17, 15) is 8.78 Å². The molecule has 0 aliphatic heterocycles. The topological polar surface area (TPSA) is 106 Å². The van der Waals surface area contributed by atoms with Crippen LogP contribution in [0.15, 0.2) is 30.6 Å². The number of likely N-dealkylation sites (N-methyl/N-ethyl adjacent to an activating group) is 1. The first-order valence-corrected chi connectivity index (χ1v) is 11.9. The minimum atomic E-state index is -0.917. The highest BCUT2D eigenvalue weighted by molar-refractivity contribution is 5.95. The Balaban J connectivity index is 1.71. The number of nitrogens with two attached hydrogens (primary N) is 1. The largest absolute Gasteiger partial charge is 0.473 e. The minimum Gasteiger partial charge on any atom is -0.473 e. The number of nitrogen functional groups attached to an aromatic ring is 1. The third-order valence-corrected chi connectivity index (χ3v) is 5.86. The number of rotatable bonds is 9. The van der Waals surface area contributed by atoms with E-state index in [0.717, 1.165) is 12.1 Å².